The molecule has 0 unspecified atom stereocenters. The molecule has 0 amide bonds. The average Bonchev–Trinajstić information content (AvgIpc) is 2.50. The van der Waals surface area contributed by atoms with Gasteiger partial charge in [-0.3, -0.25) is 0 Å². The Morgan fingerprint density at radius 1 is 0.455 bits per heavy atom. The van der Waals surface area contributed by atoms with Gasteiger partial charge in [-0.2, -0.15) is 0 Å². The van der Waals surface area contributed by atoms with Gasteiger partial charge in [-0.25, -0.2) is 0 Å². The zero-order valence-corrected chi connectivity index (χ0v) is 19.9. The Labute approximate surface area is 141 Å². The minimum atomic E-state index is -2.23. The van der Waals surface area contributed by atoms with Crippen molar-refractivity contribution in [2.24, 2.45) is 0 Å². The third-order valence-electron chi connectivity index (χ3n) is 4.84. The van der Waals surface area contributed by atoms with E-state index in [1.54, 1.807) is 0 Å². The van der Waals surface area contributed by atoms with E-state index < -0.39 is 34.2 Å². The van der Waals surface area contributed by atoms with Gasteiger partial charge in [-0.1, -0.05) is 41.5 Å². The molecule has 0 atom stereocenters. The van der Waals surface area contributed by atoms with Crippen molar-refractivity contribution in [2.45, 2.75) is 90.9 Å². The molecular formula is C14H36O4Si4. The molecule has 8 heteroatoms. The maximum absolute atomic E-state index is 6.88. The standard InChI is InChI=1S/C14H36O4Si4/c1-9-20(10-2)15-19(7,8)16-21(11-3,12-4)18-22(13-5,14-6)17-20/h9-14H2,1-8H3. The van der Waals surface area contributed by atoms with Gasteiger partial charge in [0.1, 0.15) is 0 Å². The smallest absolute Gasteiger partial charge is 0.320 e. The highest BCUT2D eigenvalue weighted by molar-refractivity contribution is 6.94. The van der Waals surface area contributed by atoms with Crippen molar-refractivity contribution in [3.8, 4) is 0 Å². The van der Waals surface area contributed by atoms with Gasteiger partial charge in [0.25, 0.3) is 0 Å². The van der Waals surface area contributed by atoms with Gasteiger partial charge in [0.05, 0.1) is 0 Å². The third kappa shape index (κ3) is 4.41. The molecule has 0 bridgehead atoms. The van der Waals surface area contributed by atoms with E-state index in [1.165, 1.54) is 0 Å². The molecule has 22 heavy (non-hydrogen) atoms. The Bertz CT molecular complexity index is 325. The molecule has 0 saturated carbocycles. The molecule has 1 rings (SSSR count). The van der Waals surface area contributed by atoms with E-state index in [0.717, 1.165) is 36.3 Å². The molecule has 1 aliphatic heterocycles. The molecule has 0 aromatic heterocycles. The number of rotatable bonds is 6. The lowest BCUT2D eigenvalue weighted by atomic mass is 10.9. The Balaban J connectivity index is 3.32. The van der Waals surface area contributed by atoms with E-state index in [-0.39, 0.29) is 0 Å². The van der Waals surface area contributed by atoms with Crippen LogP contribution in [0.1, 0.15) is 41.5 Å². The van der Waals surface area contributed by atoms with Gasteiger partial charge in [0, 0.05) is 0 Å². The summed E-state index contributed by atoms with van der Waals surface area (Å²) in [6.45, 7) is 17.6. The van der Waals surface area contributed by atoms with Gasteiger partial charge in [-0.15, -0.1) is 0 Å². The van der Waals surface area contributed by atoms with Crippen molar-refractivity contribution in [2.75, 3.05) is 0 Å². The first-order valence-corrected chi connectivity index (χ1v) is 18.5. The lowest BCUT2D eigenvalue weighted by Crippen LogP contribution is -2.68. The maximum Gasteiger partial charge on any atom is 0.320 e. The van der Waals surface area contributed by atoms with E-state index in [4.69, 9.17) is 16.5 Å². The number of hydrogen-bond donors (Lipinski definition) is 0. The van der Waals surface area contributed by atoms with Crippen molar-refractivity contribution in [1.82, 2.24) is 0 Å². The normalized spacial score (nSPS) is 26.2. The first-order chi connectivity index (χ1) is 10.2. The van der Waals surface area contributed by atoms with Gasteiger partial charge in [0.15, 0.2) is 0 Å². The second kappa shape index (κ2) is 7.73. The summed E-state index contributed by atoms with van der Waals surface area (Å²) < 4.78 is 27.2. The fourth-order valence-electron chi connectivity index (χ4n) is 3.27. The van der Waals surface area contributed by atoms with Gasteiger partial charge in [0.2, 0.25) is 0 Å². The minimum Gasteiger partial charge on any atom is -0.416 e. The van der Waals surface area contributed by atoms with Crippen LogP contribution in [0.3, 0.4) is 0 Å². The maximum atomic E-state index is 6.88. The van der Waals surface area contributed by atoms with E-state index in [9.17, 15) is 0 Å². The van der Waals surface area contributed by atoms with Crippen molar-refractivity contribution < 1.29 is 16.5 Å². The fraction of sp³-hybridized carbons (Fsp3) is 1.00. The van der Waals surface area contributed by atoms with Crippen LogP contribution >= 0.6 is 0 Å². The molecule has 1 fully saturated rings. The number of hydrogen-bond acceptors (Lipinski definition) is 4. The SMILES string of the molecule is CC[Si]1(CC)O[Si](C)(C)O[Si](CC)(CC)O[Si](CC)(CC)O1. The predicted molar refractivity (Wildman–Crippen MR) is 102 cm³/mol. The van der Waals surface area contributed by atoms with E-state index in [1.807, 2.05) is 0 Å². The molecule has 0 aromatic carbocycles. The van der Waals surface area contributed by atoms with Crippen LogP contribution in [0.5, 0.6) is 0 Å². The first-order valence-electron chi connectivity index (χ1n) is 9.00. The Kier molecular flexibility index (Phi) is 7.29. The van der Waals surface area contributed by atoms with Crippen molar-refractivity contribution in [3.63, 3.8) is 0 Å². The summed E-state index contributed by atoms with van der Waals surface area (Å²) in [5, 5.41) is 0. The fourth-order valence-corrected chi connectivity index (χ4v) is 26.5. The summed E-state index contributed by atoms with van der Waals surface area (Å²) in [7, 11) is -8.89. The molecular weight excluding hydrogens is 344 g/mol. The molecule has 0 aromatic rings. The van der Waals surface area contributed by atoms with E-state index >= 15 is 0 Å². The quantitative estimate of drug-likeness (QED) is 0.592. The summed E-state index contributed by atoms with van der Waals surface area (Å²) in [5.74, 6) is 0. The summed E-state index contributed by atoms with van der Waals surface area (Å²) in [6.07, 6.45) is 0. The largest absolute Gasteiger partial charge is 0.416 e. The molecule has 132 valence electrons. The van der Waals surface area contributed by atoms with Crippen LogP contribution in [0, 0.1) is 0 Å². The van der Waals surface area contributed by atoms with Crippen LogP contribution in [0.2, 0.25) is 49.4 Å². The molecule has 0 aliphatic carbocycles. The average molecular weight is 381 g/mol. The van der Waals surface area contributed by atoms with Crippen LogP contribution in [0.25, 0.3) is 0 Å². The molecule has 0 spiro atoms. The zero-order valence-electron chi connectivity index (χ0n) is 15.9. The molecule has 4 nitrogen and oxygen atoms in total. The molecule has 1 saturated heterocycles. The monoisotopic (exact) mass is 380 g/mol. The molecule has 0 N–H and O–H groups in total. The Morgan fingerprint density at radius 3 is 0.909 bits per heavy atom. The van der Waals surface area contributed by atoms with Gasteiger partial charge >= 0.3 is 34.2 Å². The van der Waals surface area contributed by atoms with Crippen LogP contribution in [-0.2, 0) is 16.5 Å². The summed E-state index contributed by atoms with van der Waals surface area (Å²) in [5.41, 5.74) is 0. The summed E-state index contributed by atoms with van der Waals surface area (Å²) in [6, 6.07) is 5.90. The van der Waals surface area contributed by atoms with Gasteiger partial charge in [-0.05, 0) is 49.4 Å². The summed E-state index contributed by atoms with van der Waals surface area (Å²) in [4.78, 5) is 0. The highest BCUT2D eigenvalue weighted by Gasteiger charge is 2.57. The molecule has 1 aliphatic rings. The highest BCUT2D eigenvalue weighted by atomic mass is 28.5. The van der Waals surface area contributed by atoms with Gasteiger partial charge < -0.3 is 16.5 Å². The van der Waals surface area contributed by atoms with E-state index in [2.05, 4.69) is 54.6 Å². The Morgan fingerprint density at radius 2 is 0.682 bits per heavy atom. The summed E-state index contributed by atoms with van der Waals surface area (Å²) >= 11 is 0. The second-order valence-electron chi connectivity index (χ2n) is 6.66. The topological polar surface area (TPSA) is 36.9 Å². The van der Waals surface area contributed by atoms with Crippen LogP contribution in [0.15, 0.2) is 0 Å². The third-order valence-corrected chi connectivity index (χ3v) is 24.2. The minimum absolute atomic E-state index is 0.980. The van der Waals surface area contributed by atoms with Crippen LogP contribution < -0.4 is 0 Å². The van der Waals surface area contributed by atoms with Crippen molar-refractivity contribution in [3.05, 3.63) is 0 Å². The molecule has 0 radical (unpaired) electrons. The van der Waals surface area contributed by atoms with Crippen molar-refractivity contribution >= 4 is 34.2 Å². The van der Waals surface area contributed by atoms with E-state index in [0.29, 0.717) is 0 Å². The zero-order chi connectivity index (χ0) is 17.1. The predicted octanol–water partition coefficient (Wildman–Crippen LogP) is 5.21. The Hall–Kier alpha value is 0.708. The van der Waals surface area contributed by atoms with Crippen LogP contribution in [-0.4, -0.2) is 34.2 Å². The van der Waals surface area contributed by atoms with Crippen LogP contribution in [0.4, 0.5) is 0 Å². The highest BCUT2D eigenvalue weighted by Crippen LogP contribution is 2.39. The second-order valence-corrected chi connectivity index (χ2v) is 22.4. The molecule has 1 heterocycles. The van der Waals surface area contributed by atoms with Crippen molar-refractivity contribution in [1.29, 1.82) is 0 Å². The lowest BCUT2D eigenvalue weighted by molar-refractivity contribution is 0.218. The first kappa shape index (κ1) is 20.8. The lowest BCUT2D eigenvalue weighted by Gasteiger charge is -2.51.